The van der Waals surface area contributed by atoms with Gasteiger partial charge in [-0.3, -0.25) is 0 Å². The highest BCUT2D eigenvalue weighted by Gasteiger charge is 2.27. The largest absolute Gasteiger partial charge is 0.492 e. The fraction of sp³-hybridized carbons (Fsp3) is 0.440. The van der Waals surface area contributed by atoms with Gasteiger partial charge in [-0.05, 0) is 75.9 Å². The maximum absolute atomic E-state index is 12.2. The van der Waals surface area contributed by atoms with Crippen LogP contribution in [0.4, 0.5) is 4.79 Å². The molecule has 1 amide bonds. The van der Waals surface area contributed by atoms with E-state index in [2.05, 4.69) is 4.98 Å². The predicted molar refractivity (Wildman–Crippen MR) is 130 cm³/mol. The lowest BCUT2D eigenvalue weighted by Gasteiger charge is -2.33. The zero-order chi connectivity index (χ0) is 24.5. The van der Waals surface area contributed by atoms with Crippen molar-refractivity contribution in [3.05, 3.63) is 48.8 Å². The van der Waals surface area contributed by atoms with Crippen molar-refractivity contribution in [2.24, 2.45) is 5.92 Å². The molecule has 0 bridgehead atoms. The molecule has 1 fully saturated rings. The molecule has 1 aromatic carbocycles. The molecule has 182 valence electrons. The van der Waals surface area contributed by atoms with Gasteiger partial charge in [0, 0.05) is 30.9 Å². The predicted octanol–water partition coefficient (Wildman–Crippen LogP) is 4.45. The summed E-state index contributed by atoms with van der Waals surface area (Å²) in [5, 5.41) is 0.836. The van der Waals surface area contributed by atoms with Gasteiger partial charge in [0.2, 0.25) is 0 Å². The van der Waals surface area contributed by atoms with Crippen LogP contribution in [0, 0.1) is 5.92 Å². The van der Waals surface area contributed by atoms with Gasteiger partial charge in [-0.25, -0.2) is 18.2 Å². The summed E-state index contributed by atoms with van der Waals surface area (Å²) < 4.78 is 36.9. The Bertz CT molecular complexity index is 1270. The number of carbonyl (C=O) groups is 1. The standard InChI is InChI=1S/C25H31N3O5S/c1-25(2,3)33-24(29)27-12-9-18(10-13-27)17-32-20-5-8-23(26-16-20)28-14-11-19-15-21(34(4,30)31)6-7-22(19)28/h5-8,11,14-16,18H,9-10,12-13,17H2,1-4H3. The van der Waals surface area contributed by atoms with Crippen molar-refractivity contribution in [1.29, 1.82) is 0 Å². The van der Waals surface area contributed by atoms with E-state index in [1.54, 1.807) is 29.3 Å². The van der Waals surface area contributed by atoms with E-state index in [1.807, 2.05) is 49.7 Å². The Labute approximate surface area is 200 Å². The average molecular weight is 486 g/mol. The van der Waals surface area contributed by atoms with E-state index < -0.39 is 15.4 Å². The number of benzene rings is 1. The quantitative estimate of drug-likeness (QED) is 0.530. The van der Waals surface area contributed by atoms with Crippen LogP contribution < -0.4 is 4.74 Å². The molecule has 0 unspecified atom stereocenters. The molecular weight excluding hydrogens is 454 g/mol. The van der Waals surface area contributed by atoms with Crippen LogP contribution in [0.1, 0.15) is 33.6 Å². The van der Waals surface area contributed by atoms with Crippen molar-refractivity contribution in [3.63, 3.8) is 0 Å². The number of likely N-dealkylation sites (tertiary alicyclic amines) is 1. The first-order chi connectivity index (χ1) is 16.0. The van der Waals surface area contributed by atoms with Gasteiger partial charge in [0.15, 0.2) is 9.84 Å². The second-order valence-electron chi connectivity index (χ2n) is 9.75. The van der Waals surface area contributed by atoms with E-state index in [4.69, 9.17) is 9.47 Å². The third-order valence-electron chi connectivity index (χ3n) is 5.81. The molecule has 1 aliphatic rings. The number of fused-ring (bicyclic) bond motifs is 1. The Morgan fingerprint density at radius 1 is 1.12 bits per heavy atom. The summed E-state index contributed by atoms with van der Waals surface area (Å²) in [6.07, 6.45) is 6.26. The van der Waals surface area contributed by atoms with Gasteiger partial charge in [0.05, 0.1) is 23.2 Å². The number of nitrogens with zero attached hydrogens (tertiary/aromatic N) is 3. The van der Waals surface area contributed by atoms with E-state index in [1.165, 1.54) is 6.26 Å². The first kappa shape index (κ1) is 24.1. The molecule has 1 saturated heterocycles. The lowest BCUT2D eigenvalue weighted by molar-refractivity contribution is 0.0165. The second kappa shape index (κ2) is 9.29. The maximum atomic E-state index is 12.2. The highest BCUT2D eigenvalue weighted by atomic mass is 32.2. The monoisotopic (exact) mass is 485 g/mol. The average Bonchev–Trinajstić information content (AvgIpc) is 3.20. The molecule has 3 aromatic rings. The maximum Gasteiger partial charge on any atom is 0.410 e. The van der Waals surface area contributed by atoms with E-state index in [9.17, 15) is 13.2 Å². The molecule has 0 N–H and O–H groups in total. The van der Waals surface area contributed by atoms with Crippen molar-refractivity contribution in [2.75, 3.05) is 26.0 Å². The highest BCUT2D eigenvalue weighted by Crippen LogP contribution is 2.25. The first-order valence-corrected chi connectivity index (χ1v) is 13.3. The summed E-state index contributed by atoms with van der Waals surface area (Å²) in [5.74, 6) is 1.78. The number of rotatable bonds is 5. The molecule has 9 heteroatoms. The van der Waals surface area contributed by atoms with Crippen molar-refractivity contribution in [3.8, 4) is 11.6 Å². The molecular formula is C25H31N3O5S. The minimum Gasteiger partial charge on any atom is -0.492 e. The van der Waals surface area contributed by atoms with Gasteiger partial charge in [-0.1, -0.05) is 0 Å². The second-order valence-corrected chi connectivity index (χ2v) is 11.8. The van der Waals surface area contributed by atoms with E-state index >= 15 is 0 Å². The summed E-state index contributed by atoms with van der Waals surface area (Å²) in [7, 11) is -3.25. The smallest absolute Gasteiger partial charge is 0.410 e. The fourth-order valence-corrected chi connectivity index (χ4v) is 4.63. The van der Waals surface area contributed by atoms with Crippen LogP contribution in [0.25, 0.3) is 16.7 Å². The van der Waals surface area contributed by atoms with E-state index in [0.29, 0.717) is 36.3 Å². The van der Waals surface area contributed by atoms with Crippen LogP contribution in [0.3, 0.4) is 0 Å². The van der Waals surface area contributed by atoms with Crippen molar-refractivity contribution < 1.29 is 22.7 Å². The summed E-state index contributed by atoms with van der Waals surface area (Å²) in [6, 6.07) is 10.7. The lowest BCUT2D eigenvalue weighted by Crippen LogP contribution is -2.42. The zero-order valence-corrected chi connectivity index (χ0v) is 20.8. The molecule has 0 radical (unpaired) electrons. The molecule has 0 atom stereocenters. The third-order valence-corrected chi connectivity index (χ3v) is 6.92. The summed E-state index contributed by atoms with van der Waals surface area (Å²) in [4.78, 5) is 18.8. The molecule has 2 aromatic heterocycles. The van der Waals surface area contributed by atoms with Crippen LogP contribution in [0.15, 0.2) is 53.7 Å². The number of piperidine rings is 1. The zero-order valence-electron chi connectivity index (χ0n) is 20.0. The van der Waals surface area contributed by atoms with E-state index in [0.717, 1.165) is 29.6 Å². The number of pyridine rings is 1. The number of ether oxygens (including phenoxy) is 2. The van der Waals surface area contributed by atoms with E-state index in [-0.39, 0.29) is 6.09 Å². The van der Waals surface area contributed by atoms with Crippen molar-refractivity contribution >= 4 is 26.8 Å². The third kappa shape index (κ3) is 5.70. The topological polar surface area (TPSA) is 90.7 Å². The Hall–Kier alpha value is -3.07. The molecule has 0 saturated carbocycles. The molecule has 34 heavy (non-hydrogen) atoms. The molecule has 1 aliphatic heterocycles. The normalized spacial score (nSPS) is 15.5. The van der Waals surface area contributed by atoms with Crippen molar-refractivity contribution in [2.45, 2.75) is 44.1 Å². The molecule has 0 spiro atoms. The molecule has 4 rings (SSSR count). The van der Waals surface area contributed by atoms with Gasteiger partial charge in [-0.2, -0.15) is 0 Å². The van der Waals surface area contributed by atoms with Gasteiger partial charge in [-0.15, -0.1) is 0 Å². The van der Waals surface area contributed by atoms with Crippen LogP contribution in [0.2, 0.25) is 0 Å². The van der Waals surface area contributed by atoms with Gasteiger partial charge < -0.3 is 18.9 Å². The Kier molecular flexibility index (Phi) is 6.58. The summed E-state index contributed by atoms with van der Waals surface area (Å²) in [5.41, 5.74) is 0.396. The SMILES string of the molecule is CC(C)(C)OC(=O)N1CCC(COc2ccc(-n3ccc4cc(S(C)(=O)=O)ccc43)nc2)CC1. The Morgan fingerprint density at radius 3 is 2.47 bits per heavy atom. The number of sulfone groups is 1. The number of amides is 1. The van der Waals surface area contributed by atoms with Crippen LogP contribution in [0.5, 0.6) is 5.75 Å². The molecule has 8 nitrogen and oxygen atoms in total. The highest BCUT2D eigenvalue weighted by molar-refractivity contribution is 7.90. The first-order valence-electron chi connectivity index (χ1n) is 11.4. The van der Waals surface area contributed by atoms with Crippen LogP contribution >= 0.6 is 0 Å². The van der Waals surface area contributed by atoms with Gasteiger partial charge in [0.25, 0.3) is 0 Å². The molecule has 3 heterocycles. The number of carbonyl (C=O) groups excluding carboxylic acids is 1. The molecule has 0 aliphatic carbocycles. The minimum absolute atomic E-state index is 0.253. The van der Waals surface area contributed by atoms with Crippen molar-refractivity contribution in [1.82, 2.24) is 14.5 Å². The lowest BCUT2D eigenvalue weighted by atomic mass is 9.98. The van der Waals surface area contributed by atoms with Crippen LogP contribution in [-0.4, -0.2) is 60.5 Å². The Balaban J connectivity index is 1.33. The fourth-order valence-electron chi connectivity index (χ4n) is 3.97. The Morgan fingerprint density at radius 2 is 1.85 bits per heavy atom. The number of hydrogen-bond acceptors (Lipinski definition) is 6. The van der Waals surface area contributed by atoms with Gasteiger partial charge in [0.1, 0.15) is 17.2 Å². The van der Waals surface area contributed by atoms with Crippen LogP contribution in [-0.2, 0) is 14.6 Å². The summed E-state index contributed by atoms with van der Waals surface area (Å²) in [6.45, 7) is 7.53. The summed E-state index contributed by atoms with van der Waals surface area (Å²) >= 11 is 0. The number of hydrogen-bond donors (Lipinski definition) is 0. The number of aromatic nitrogens is 2. The van der Waals surface area contributed by atoms with Gasteiger partial charge >= 0.3 is 6.09 Å². The minimum atomic E-state index is -3.25.